The van der Waals surface area contributed by atoms with Crippen LogP contribution in [0.4, 0.5) is 0 Å². The highest BCUT2D eigenvalue weighted by Gasteiger charge is 2.26. The van der Waals surface area contributed by atoms with Crippen LogP contribution in [0.15, 0.2) is 53.0 Å². The van der Waals surface area contributed by atoms with Gasteiger partial charge in [-0.1, -0.05) is 64.8 Å². The largest absolute Gasteiger partial charge is 0.352 e. The molecular formula is C24H31BrN2O2S. The van der Waals surface area contributed by atoms with Gasteiger partial charge in [-0.05, 0) is 50.5 Å². The Morgan fingerprint density at radius 3 is 2.47 bits per heavy atom. The fourth-order valence-electron chi connectivity index (χ4n) is 3.02. The molecule has 4 nitrogen and oxygen atoms in total. The van der Waals surface area contributed by atoms with E-state index in [1.165, 1.54) is 11.1 Å². The Bertz CT molecular complexity index is 859. The first-order chi connectivity index (χ1) is 14.3. The first-order valence-corrected chi connectivity index (χ1v) is 12.2. The predicted octanol–water partition coefficient (Wildman–Crippen LogP) is 5.32. The van der Waals surface area contributed by atoms with Crippen molar-refractivity contribution in [2.24, 2.45) is 0 Å². The Morgan fingerprint density at radius 1 is 1.10 bits per heavy atom. The van der Waals surface area contributed by atoms with Gasteiger partial charge in [-0.3, -0.25) is 9.59 Å². The summed E-state index contributed by atoms with van der Waals surface area (Å²) in [6.45, 7) is 8.28. The van der Waals surface area contributed by atoms with E-state index in [1.807, 2.05) is 44.2 Å². The summed E-state index contributed by atoms with van der Waals surface area (Å²) >= 11 is 5.06. The number of amides is 2. The lowest BCUT2D eigenvalue weighted by Gasteiger charge is -2.29. The highest BCUT2D eigenvalue weighted by atomic mass is 79.9. The van der Waals surface area contributed by atoms with Gasteiger partial charge in [0.15, 0.2) is 0 Å². The van der Waals surface area contributed by atoms with Crippen molar-refractivity contribution in [1.29, 1.82) is 0 Å². The Balaban J connectivity index is 2.08. The molecule has 0 saturated heterocycles. The highest BCUT2D eigenvalue weighted by Crippen LogP contribution is 2.18. The van der Waals surface area contributed by atoms with Gasteiger partial charge in [0.05, 0.1) is 5.75 Å². The van der Waals surface area contributed by atoms with E-state index >= 15 is 0 Å². The average Bonchev–Trinajstić information content (AvgIpc) is 2.71. The van der Waals surface area contributed by atoms with Gasteiger partial charge in [-0.25, -0.2) is 0 Å². The van der Waals surface area contributed by atoms with Crippen molar-refractivity contribution in [3.05, 3.63) is 69.7 Å². The molecule has 0 aliphatic heterocycles. The van der Waals surface area contributed by atoms with E-state index < -0.39 is 6.04 Å². The molecular weight excluding hydrogens is 460 g/mol. The van der Waals surface area contributed by atoms with Crippen LogP contribution >= 0.6 is 27.7 Å². The van der Waals surface area contributed by atoms with Crippen LogP contribution in [0.25, 0.3) is 0 Å². The zero-order chi connectivity index (χ0) is 22.1. The standard InChI is InChI=1S/C24H31BrN2O2S/c1-5-18(3)26-24(29)19(4)27(14-20-9-7-11-22(25)13-20)23(28)16-30-15-21-10-6-8-17(2)12-21/h6-13,18-19H,5,14-16H2,1-4H3,(H,26,29)/t18-,19+/m1/s1. The number of nitrogens with one attached hydrogen (secondary N) is 1. The van der Waals surface area contributed by atoms with Crippen molar-refractivity contribution in [2.75, 3.05) is 5.75 Å². The van der Waals surface area contributed by atoms with Gasteiger partial charge in [0.2, 0.25) is 11.8 Å². The Kier molecular flexibility index (Phi) is 9.92. The van der Waals surface area contributed by atoms with Crippen LogP contribution in [0.1, 0.15) is 43.9 Å². The third kappa shape index (κ3) is 7.80. The minimum Gasteiger partial charge on any atom is -0.352 e. The minimum atomic E-state index is -0.537. The van der Waals surface area contributed by atoms with E-state index in [1.54, 1.807) is 23.6 Å². The smallest absolute Gasteiger partial charge is 0.242 e. The van der Waals surface area contributed by atoms with E-state index in [-0.39, 0.29) is 17.9 Å². The van der Waals surface area contributed by atoms with Crippen LogP contribution in [0.5, 0.6) is 0 Å². The number of carbonyl (C=O) groups is 2. The number of nitrogens with zero attached hydrogens (tertiary/aromatic N) is 1. The molecule has 30 heavy (non-hydrogen) atoms. The maximum absolute atomic E-state index is 13.1. The summed E-state index contributed by atoms with van der Waals surface area (Å²) < 4.78 is 0.956. The zero-order valence-corrected chi connectivity index (χ0v) is 20.6. The highest BCUT2D eigenvalue weighted by molar-refractivity contribution is 9.10. The summed E-state index contributed by atoms with van der Waals surface area (Å²) in [5.74, 6) is 0.963. The van der Waals surface area contributed by atoms with Crippen molar-refractivity contribution in [3.8, 4) is 0 Å². The Labute approximate surface area is 192 Å². The number of carbonyl (C=O) groups excluding carboxylic acids is 2. The number of rotatable bonds is 10. The van der Waals surface area contributed by atoms with Crippen LogP contribution in [0.2, 0.25) is 0 Å². The van der Waals surface area contributed by atoms with Crippen LogP contribution in [0.3, 0.4) is 0 Å². The molecule has 2 atom stereocenters. The molecule has 0 radical (unpaired) electrons. The van der Waals surface area contributed by atoms with Crippen molar-refractivity contribution in [2.45, 2.75) is 58.5 Å². The van der Waals surface area contributed by atoms with Gasteiger partial charge in [-0.15, -0.1) is 11.8 Å². The molecule has 162 valence electrons. The van der Waals surface area contributed by atoms with Gasteiger partial charge in [-0.2, -0.15) is 0 Å². The molecule has 2 amide bonds. The topological polar surface area (TPSA) is 49.4 Å². The van der Waals surface area contributed by atoms with Gasteiger partial charge >= 0.3 is 0 Å². The maximum atomic E-state index is 13.1. The molecule has 2 aromatic rings. The molecule has 0 heterocycles. The van der Waals surface area contributed by atoms with Gasteiger partial charge in [0.1, 0.15) is 6.04 Å². The molecule has 0 aliphatic carbocycles. The minimum absolute atomic E-state index is 0.0283. The summed E-state index contributed by atoms with van der Waals surface area (Å²) in [7, 11) is 0. The summed E-state index contributed by atoms with van der Waals surface area (Å²) in [6.07, 6.45) is 0.852. The van der Waals surface area contributed by atoms with Crippen LogP contribution in [0, 0.1) is 6.92 Å². The van der Waals surface area contributed by atoms with Gasteiger partial charge < -0.3 is 10.2 Å². The Hall–Kier alpha value is -1.79. The first-order valence-electron chi connectivity index (χ1n) is 10.3. The van der Waals surface area contributed by atoms with Crippen LogP contribution < -0.4 is 5.32 Å². The van der Waals surface area contributed by atoms with E-state index in [2.05, 4.69) is 46.4 Å². The predicted molar refractivity (Wildman–Crippen MR) is 129 cm³/mol. The van der Waals surface area contributed by atoms with Gasteiger partial charge in [0.25, 0.3) is 0 Å². The van der Waals surface area contributed by atoms with Crippen LogP contribution in [-0.4, -0.2) is 34.6 Å². The normalized spacial score (nSPS) is 12.8. The number of halogens is 1. The second-order valence-corrected chi connectivity index (χ2v) is 9.53. The molecule has 0 fully saturated rings. The summed E-state index contributed by atoms with van der Waals surface area (Å²) in [6, 6.07) is 15.7. The molecule has 0 saturated carbocycles. The fraction of sp³-hybridized carbons (Fsp3) is 0.417. The van der Waals surface area contributed by atoms with Crippen molar-refractivity contribution in [3.63, 3.8) is 0 Å². The fourth-order valence-corrected chi connectivity index (χ4v) is 4.33. The number of aryl methyl sites for hydroxylation is 1. The van der Waals surface area contributed by atoms with Crippen molar-refractivity contribution < 1.29 is 9.59 Å². The molecule has 1 N–H and O–H groups in total. The van der Waals surface area contributed by atoms with Crippen LogP contribution in [-0.2, 0) is 21.9 Å². The maximum Gasteiger partial charge on any atom is 0.242 e. The molecule has 6 heteroatoms. The Morgan fingerprint density at radius 2 is 1.80 bits per heavy atom. The monoisotopic (exact) mass is 490 g/mol. The molecule has 0 spiro atoms. The van der Waals surface area contributed by atoms with E-state index in [4.69, 9.17) is 0 Å². The lowest BCUT2D eigenvalue weighted by molar-refractivity contribution is -0.138. The lowest BCUT2D eigenvalue weighted by atomic mass is 10.1. The lowest BCUT2D eigenvalue weighted by Crippen LogP contribution is -2.50. The van der Waals surface area contributed by atoms with Gasteiger partial charge in [0, 0.05) is 22.8 Å². The summed E-state index contributed by atoms with van der Waals surface area (Å²) in [5.41, 5.74) is 3.41. The number of hydrogen-bond acceptors (Lipinski definition) is 3. The average molecular weight is 491 g/mol. The quantitative estimate of drug-likeness (QED) is 0.489. The summed E-state index contributed by atoms with van der Waals surface area (Å²) in [5, 5.41) is 3.00. The second kappa shape index (κ2) is 12.2. The molecule has 2 aromatic carbocycles. The second-order valence-electron chi connectivity index (χ2n) is 7.63. The van der Waals surface area contributed by atoms with E-state index in [0.29, 0.717) is 12.3 Å². The molecule has 0 bridgehead atoms. The summed E-state index contributed by atoms with van der Waals surface area (Å²) in [4.78, 5) is 27.5. The van der Waals surface area contributed by atoms with E-state index in [9.17, 15) is 9.59 Å². The number of benzene rings is 2. The third-order valence-electron chi connectivity index (χ3n) is 4.99. The zero-order valence-electron chi connectivity index (χ0n) is 18.2. The molecule has 0 aliphatic rings. The molecule has 0 aromatic heterocycles. The number of hydrogen-bond donors (Lipinski definition) is 1. The third-order valence-corrected chi connectivity index (χ3v) is 6.47. The number of thioether (sulfide) groups is 1. The van der Waals surface area contributed by atoms with E-state index in [0.717, 1.165) is 22.2 Å². The van der Waals surface area contributed by atoms with Crippen molar-refractivity contribution >= 4 is 39.5 Å². The first kappa shape index (κ1) is 24.5. The SMILES string of the molecule is CC[C@@H](C)NC(=O)[C@H](C)N(Cc1cccc(Br)c1)C(=O)CSCc1cccc(C)c1. The molecule has 2 rings (SSSR count). The molecule has 0 unspecified atom stereocenters. The van der Waals surface area contributed by atoms with Crippen molar-refractivity contribution in [1.82, 2.24) is 10.2 Å².